The second-order valence-electron chi connectivity index (χ2n) is 7.21. The first-order valence-electron chi connectivity index (χ1n) is 9.23. The number of rotatable bonds is 2. The van der Waals surface area contributed by atoms with Crippen molar-refractivity contribution in [1.82, 2.24) is 0 Å². The Morgan fingerprint density at radius 3 is 2.50 bits per heavy atom. The summed E-state index contributed by atoms with van der Waals surface area (Å²) in [5, 5.41) is 7.44. The maximum atomic E-state index is 13.5. The fraction of sp³-hybridized carbons (Fsp3) is 0.273. The number of Topliss-reactive ketones (excluding diaryl/α,β-unsaturated/α-hetero) is 1. The molecule has 0 saturated heterocycles. The highest BCUT2D eigenvalue weighted by Gasteiger charge is 2.44. The van der Waals surface area contributed by atoms with Crippen molar-refractivity contribution in [2.24, 2.45) is 11.8 Å². The molecule has 0 bridgehead atoms. The van der Waals surface area contributed by atoms with Crippen LogP contribution in [0, 0.1) is 11.8 Å². The minimum Gasteiger partial charge on any atom is -0.468 e. The number of benzene rings is 2. The maximum absolute atomic E-state index is 13.5. The summed E-state index contributed by atoms with van der Waals surface area (Å²) in [6.45, 7) is 1.90. The van der Waals surface area contributed by atoms with Crippen LogP contribution in [0.3, 0.4) is 0 Å². The van der Waals surface area contributed by atoms with Crippen molar-refractivity contribution in [1.29, 1.82) is 0 Å². The van der Waals surface area contributed by atoms with Gasteiger partial charge in [-0.15, -0.1) is 0 Å². The minimum atomic E-state index is -0.821. The Bertz CT molecular complexity index is 985. The van der Waals surface area contributed by atoms with Gasteiger partial charge in [-0.1, -0.05) is 48.9 Å². The molecule has 0 amide bonds. The number of nitrogens with one attached hydrogen (secondary N) is 2. The van der Waals surface area contributed by atoms with Gasteiger partial charge >= 0.3 is 5.97 Å². The Labute approximate surface area is 168 Å². The second-order valence-corrected chi connectivity index (χ2v) is 7.62. The summed E-state index contributed by atoms with van der Waals surface area (Å²) in [6.07, 6.45) is 0.567. The van der Waals surface area contributed by atoms with Gasteiger partial charge in [-0.05, 0) is 36.1 Å². The SMILES string of the molecule is COC(=O)[C@@H]1C(=O)C2=C(C[C@@H]1C)Nc1ccccc1N[C@@H]2c1ccccc1Cl. The average molecular weight is 397 g/mol. The summed E-state index contributed by atoms with van der Waals surface area (Å²) in [5.41, 5.74) is 3.91. The van der Waals surface area contributed by atoms with E-state index in [0.29, 0.717) is 17.0 Å². The van der Waals surface area contributed by atoms with Gasteiger partial charge in [0.25, 0.3) is 0 Å². The molecule has 0 aromatic heterocycles. The summed E-state index contributed by atoms with van der Waals surface area (Å²) in [6, 6.07) is 14.8. The number of para-hydroxylation sites is 2. The Morgan fingerprint density at radius 2 is 1.79 bits per heavy atom. The zero-order valence-corrected chi connectivity index (χ0v) is 16.4. The van der Waals surface area contributed by atoms with Crippen molar-refractivity contribution in [2.45, 2.75) is 19.4 Å². The smallest absolute Gasteiger partial charge is 0.316 e. The van der Waals surface area contributed by atoms with Crippen molar-refractivity contribution < 1.29 is 14.3 Å². The number of esters is 1. The summed E-state index contributed by atoms with van der Waals surface area (Å²) in [4.78, 5) is 25.8. The van der Waals surface area contributed by atoms with Crippen molar-refractivity contribution in [3.8, 4) is 0 Å². The van der Waals surface area contributed by atoms with Gasteiger partial charge in [0.05, 0.1) is 24.5 Å². The van der Waals surface area contributed by atoms with Gasteiger partial charge in [0.15, 0.2) is 5.78 Å². The van der Waals surface area contributed by atoms with E-state index < -0.39 is 17.9 Å². The van der Waals surface area contributed by atoms with Crippen LogP contribution in [0.1, 0.15) is 24.9 Å². The van der Waals surface area contributed by atoms with Gasteiger partial charge in [0.1, 0.15) is 5.92 Å². The third-order valence-corrected chi connectivity index (χ3v) is 5.78. The fourth-order valence-electron chi connectivity index (χ4n) is 4.08. The molecule has 0 unspecified atom stereocenters. The van der Waals surface area contributed by atoms with E-state index in [4.69, 9.17) is 16.3 Å². The molecule has 2 N–H and O–H groups in total. The predicted molar refractivity (Wildman–Crippen MR) is 109 cm³/mol. The molecule has 5 nitrogen and oxygen atoms in total. The number of carbonyl (C=O) groups excluding carboxylic acids is 2. The third-order valence-electron chi connectivity index (χ3n) is 5.44. The molecule has 3 atom stereocenters. The third kappa shape index (κ3) is 3.06. The molecule has 0 spiro atoms. The standard InChI is InChI=1S/C22H21ClN2O3/c1-12-11-17-19(21(26)18(12)22(27)28-2)20(13-7-3-4-8-14(13)23)25-16-10-6-5-9-15(16)24-17/h3-10,12,18,20,24-25H,11H2,1-2H3/t12-,18-,20+/m0/s1. The average Bonchev–Trinajstić information content (AvgIpc) is 2.84. The molecule has 2 aromatic rings. The van der Waals surface area contributed by atoms with Crippen LogP contribution < -0.4 is 10.6 Å². The predicted octanol–water partition coefficient (Wildman–Crippen LogP) is 4.57. The number of halogens is 1. The lowest BCUT2D eigenvalue weighted by Gasteiger charge is -2.32. The van der Waals surface area contributed by atoms with Gasteiger partial charge in [-0.3, -0.25) is 9.59 Å². The van der Waals surface area contributed by atoms with Crippen LogP contribution >= 0.6 is 11.6 Å². The Kier molecular flexibility index (Phi) is 4.85. The monoisotopic (exact) mass is 396 g/mol. The van der Waals surface area contributed by atoms with E-state index in [9.17, 15) is 9.59 Å². The summed E-state index contributed by atoms with van der Waals surface area (Å²) < 4.78 is 4.92. The summed E-state index contributed by atoms with van der Waals surface area (Å²) in [5.74, 6) is -1.70. The first-order chi connectivity index (χ1) is 13.5. The van der Waals surface area contributed by atoms with Crippen LogP contribution in [0.15, 0.2) is 59.8 Å². The zero-order chi connectivity index (χ0) is 19.8. The number of ketones is 1. The highest BCUT2D eigenvalue weighted by atomic mass is 35.5. The molecular formula is C22H21ClN2O3. The topological polar surface area (TPSA) is 67.4 Å². The van der Waals surface area contributed by atoms with E-state index in [2.05, 4.69) is 10.6 Å². The first-order valence-corrected chi connectivity index (χ1v) is 9.61. The summed E-state index contributed by atoms with van der Waals surface area (Å²) >= 11 is 6.49. The van der Waals surface area contributed by atoms with Crippen LogP contribution in [0.5, 0.6) is 0 Å². The number of anilines is 2. The molecule has 1 aliphatic carbocycles. The van der Waals surface area contributed by atoms with Gasteiger partial charge in [-0.25, -0.2) is 0 Å². The Hall–Kier alpha value is -2.79. The molecule has 1 aliphatic heterocycles. The van der Waals surface area contributed by atoms with E-state index in [1.807, 2.05) is 49.4 Å². The molecular weight excluding hydrogens is 376 g/mol. The number of ether oxygens (including phenoxy) is 1. The van der Waals surface area contributed by atoms with Crippen LogP contribution in [0.2, 0.25) is 5.02 Å². The molecule has 0 fully saturated rings. The Morgan fingerprint density at radius 1 is 1.11 bits per heavy atom. The van der Waals surface area contributed by atoms with E-state index in [1.54, 1.807) is 6.07 Å². The molecule has 4 rings (SSSR count). The van der Waals surface area contributed by atoms with Crippen LogP contribution in [0.25, 0.3) is 0 Å². The lowest BCUT2D eigenvalue weighted by Crippen LogP contribution is -2.39. The van der Waals surface area contributed by atoms with E-state index in [1.165, 1.54) is 7.11 Å². The highest BCUT2D eigenvalue weighted by Crippen LogP contribution is 2.44. The largest absolute Gasteiger partial charge is 0.468 e. The second kappa shape index (κ2) is 7.32. The van der Waals surface area contributed by atoms with Gasteiger partial charge in [-0.2, -0.15) is 0 Å². The van der Waals surface area contributed by atoms with Crippen molar-refractivity contribution in [3.63, 3.8) is 0 Å². The molecule has 0 saturated carbocycles. The van der Waals surface area contributed by atoms with Crippen molar-refractivity contribution >= 4 is 34.7 Å². The minimum absolute atomic E-state index is 0.164. The molecule has 2 aliphatic rings. The number of methoxy groups -OCH3 is 1. The van der Waals surface area contributed by atoms with Crippen molar-refractivity contribution in [3.05, 3.63) is 70.4 Å². The number of hydrogen-bond acceptors (Lipinski definition) is 5. The number of fused-ring (bicyclic) bond motifs is 1. The molecule has 1 heterocycles. The summed E-state index contributed by atoms with van der Waals surface area (Å²) in [7, 11) is 1.32. The molecule has 6 heteroatoms. The van der Waals surface area contributed by atoms with Gasteiger partial charge < -0.3 is 15.4 Å². The Balaban J connectivity index is 1.90. The number of hydrogen-bond donors (Lipinski definition) is 2. The number of allylic oxidation sites excluding steroid dienone is 1. The van der Waals surface area contributed by atoms with Crippen LogP contribution in [-0.2, 0) is 14.3 Å². The van der Waals surface area contributed by atoms with Crippen molar-refractivity contribution in [2.75, 3.05) is 17.7 Å². The molecule has 144 valence electrons. The molecule has 28 heavy (non-hydrogen) atoms. The van der Waals surface area contributed by atoms with Crippen LogP contribution in [-0.4, -0.2) is 18.9 Å². The van der Waals surface area contributed by atoms with Gasteiger partial charge in [0.2, 0.25) is 0 Å². The molecule has 2 aromatic carbocycles. The van der Waals surface area contributed by atoms with E-state index in [-0.39, 0.29) is 11.7 Å². The molecule has 0 radical (unpaired) electrons. The van der Waals surface area contributed by atoms with Gasteiger partial charge in [0, 0.05) is 16.3 Å². The quantitative estimate of drug-likeness (QED) is 0.575. The van der Waals surface area contributed by atoms with Crippen LogP contribution in [0.4, 0.5) is 11.4 Å². The van der Waals surface area contributed by atoms with E-state index in [0.717, 1.165) is 22.6 Å². The fourth-order valence-corrected chi connectivity index (χ4v) is 4.32. The lowest BCUT2D eigenvalue weighted by atomic mass is 9.75. The lowest BCUT2D eigenvalue weighted by molar-refractivity contribution is -0.151. The first kappa shape index (κ1) is 18.6. The maximum Gasteiger partial charge on any atom is 0.316 e. The van der Waals surface area contributed by atoms with E-state index >= 15 is 0 Å². The highest BCUT2D eigenvalue weighted by molar-refractivity contribution is 6.31. The normalized spacial score (nSPS) is 23.7. The number of carbonyl (C=O) groups is 2. The zero-order valence-electron chi connectivity index (χ0n) is 15.7.